The van der Waals surface area contributed by atoms with E-state index in [-0.39, 0.29) is 34.9 Å². The van der Waals surface area contributed by atoms with Crippen molar-refractivity contribution in [3.8, 4) is 0 Å². The van der Waals surface area contributed by atoms with Crippen LogP contribution in [0.5, 0.6) is 0 Å². The van der Waals surface area contributed by atoms with E-state index < -0.39 is 0 Å². The molecule has 0 aliphatic rings. The molecule has 0 rings (SSSR count). The smallest absolute Gasteiger partial charge is 0.177 e. The quantitative estimate of drug-likeness (QED) is 0.0766. The van der Waals surface area contributed by atoms with Crippen molar-refractivity contribution < 1.29 is 9.90 Å². The molecule has 0 fully saturated rings. The van der Waals surface area contributed by atoms with Crippen LogP contribution in [-0.4, -0.2) is 42.4 Å². The Morgan fingerprint density at radius 2 is 1.95 bits per heavy atom. The molecule has 5 N–H and O–H groups in total. The van der Waals surface area contributed by atoms with E-state index in [9.17, 15) is 9.90 Å². The first-order valence-electron chi connectivity index (χ1n) is 6.36. The first-order chi connectivity index (χ1) is 10.2. The molecule has 0 aromatic carbocycles. The van der Waals surface area contributed by atoms with Crippen LogP contribution < -0.4 is 16.6 Å². The van der Waals surface area contributed by atoms with E-state index in [1.807, 2.05) is 0 Å². The minimum Gasteiger partial charge on any atom is -0.507 e. The van der Waals surface area contributed by atoms with Crippen molar-refractivity contribution in [3.63, 3.8) is 0 Å². The minimum absolute atomic E-state index is 0.0199. The highest BCUT2D eigenvalue weighted by Gasteiger charge is 2.15. The van der Waals surface area contributed by atoms with Gasteiger partial charge in [0, 0.05) is 30.9 Å². The molecule has 0 spiro atoms. The molecule has 0 saturated heterocycles. The third-order valence-corrected chi connectivity index (χ3v) is 2.49. The van der Waals surface area contributed by atoms with E-state index in [0.29, 0.717) is 5.84 Å². The molecule has 0 saturated carbocycles. The van der Waals surface area contributed by atoms with Crippen LogP contribution in [0.3, 0.4) is 0 Å². The summed E-state index contributed by atoms with van der Waals surface area (Å²) in [6.07, 6.45) is 0. The Kier molecular flexibility index (Phi) is 8.34. The van der Waals surface area contributed by atoms with Crippen molar-refractivity contribution in [1.82, 2.24) is 15.8 Å². The molecule has 0 aromatic heterocycles. The third-order valence-electron chi connectivity index (χ3n) is 2.49. The fourth-order valence-corrected chi connectivity index (χ4v) is 1.30. The highest BCUT2D eigenvalue weighted by Crippen LogP contribution is 2.16. The van der Waals surface area contributed by atoms with Crippen molar-refractivity contribution in [2.45, 2.75) is 13.8 Å². The lowest BCUT2D eigenvalue weighted by Crippen LogP contribution is -2.32. The highest BCUT2D eigenvalue weighted by molar-refractivity contribution is 5.97. The van der Waals surface area contributed by atoms with Gasteiger partial charge < -0.3 is 10.4 Å². The molecule has 0 aromatic rings. The number of rotatable bonds is 8. The summed E-state index contributed by atoms with van der Waals surface area (Å²) in [6, 6.07) is 0. The van der Waals surface area contributed by atoms with Gasteiger partial charge in [-0.2, -0.15) is 0 Å². The second kappa shape index (κ2) is 9.42. The lowest BCUT2D eigenvalue weighted by atomic mass is 10.1. The largest absolute Gasteiger partial charge is 0.507 e. The maximum absolute atomic E-state index is 11.8. The van der Waals surface area contributed by atoms with Gasteiger partial charge in [0.1, 0.15) is 11.6 Å². The van der Waals surface area contributed by atoms with Crippen LogP contribution in [0.2, 0.25) is 0 Å². The summed E-state index contributed by atoms with van der Waals surface area (Å²) in [7, 11) is 3.14. The Morgan fingerprint density at radius 1 is 1.36 bits per heavy atom. The van der Waals surface area contributed by atoms with Gasteiger partial charge in [0.05, 0.1) is 6.54 Å². The molecule has 0 unspecified atom stereocenters. The fraction of sp³-hybridized carbons (Fsp3) is 0.385. The number of amidine groups is 1. The second-order valence-electron chi connectivity index (χ2n) is 4.49. The van der Waals surface area contributed by atoms with Crippen molar-refractivity contribution in [1.29, 1.82) is 0 Å². The van der Waals surface area contributed by atoms with Crippen LogP contribution in [0.1, 0.15) is 13.8 Å². The molecule has 0 atom stereocenters. The molecule has 0 heterocycles. The van der Waals surface area contributed by atoms with Crippen molar-refractivity contribution in [2.24, 2.45) is 21.4 Å². The Hall–Kier alpha value is -2.52. The summed E-state index contributed by atoms with van der Waals surface area (Å²) < 4.78 is 0. The first-order valence-corrected chi connectivity index (χ1v) is 6.36. The van der Waals surface area contributed by atoms with Crippen molar-refractivity contribution in [2.75, 3.05) is 20.6 Å². The van der Waals surface area contributed by atoms with Crippen LogP contribution in [0.4, 0.5) is 0 Å². The van der Waals surface area contributed by atoms with Gasteiger partial charge in [-0.3, -0.25) is 16.1 Å². The zero-order valence-electron chi connectivity index (χ0n) is 13.3. The summed E-state index contributed by atoms with van der Waals surface area (Å²) >= 11 is 0. The van der Waals surface area contributed by atoms with Crippen LogP contribution in [0.25, 0.3) is 0 Å². The van der Waals surface area contributed by atoms with Gasteiger partial charge in [-0.15, -0.1) is 5.10 Å². The molecule has 122 valence electrons. The van der Waals surface area contributed by atoms with Crippen LogP contribution >= 0.6 is 0 Å². The van der Waals surface area contributed by atoms with E-state index in [4.69, 9.17) is 5.84 Å². The maximum Gasteiger partial charge on any atom is 0.177 e. The minimum atomic E-state index is -0.315. The molecular weight excluding hydrogens is 286 g/mol. The molecule has 9 nitrogen and oxygen atoms in total. The molecule has 0 bridgehead atoms. The first kappa shape index (κ1) is 19.5. The number of carbonyl (C=O) groups is 1. The van der Waals surface area contributed by atoms with Gasteiger partial charge in [-0.25, -0.2) is 5.01 Å². The number of carbonyl (C=O) groups excluding carboxylic acids is 1. The van der Waals surface area contributed by atoms with E-state index in [2.05, 4.69) is 39.4 Å². The third kappa shape index (κ3) is 6.77. The van der Waals surface area contributed by atoms with Gasteiger partial charge in [-0.05, 0) is 19.1 Å². The van der Waals surface area contributed by atoms with Gasteiger partial charge in [0.25, 0.3) is 0 Å². The summed E-state index contributed by atoms with van der Waals surface area (Å²) in [5.74, 6) is 5.23. The number of nitrogens with one attached hydrogen (secondary N) is 2. The summed E-state index contributed by atoms with van der Waals surface area (Å²) in [6.45, 7) is 10.5. The number of hydrogen-bond donors (Lipinski definition) is 4. The fourth-order valence-electron chi connectivity index (χ4n) is 1.30. The van der Waals surface area contributed by atoms with Crippen molar-refractivity contribution in [3.05, 3.63) is 35.8 Å². The molecule has 0 aliphatic carbocycles. The molecule has 22 heavy (non-hydrogen) atoms. The molecule has 0 amide bonds. The molecular formula is C13H23N7O2. The number of Topliss-reactive ketones (excluding diaryl/α,β-unsaturated/α-hetero) is 1. The number of hydrogen-bond acceptors (Lipinski definition) is 6. The van der Waals surface area contributed by atoms with Crippen LogP contribution in [-0.2, 0) is 4.79 Å². The molecule has 0 aliphatic heterocycles. The van der Waals surface area contributed by atoms with Crippen LogP contribution in [0.15, 0.2) is 51.3 Å². The normalized spacial score (nSPS) is 13.1. The number of likely N-dealkylation sites (N-methyl/N-ethyl adjacent to an activating group) is 1. The summed E-state index contributed by atoms with van der Waals surface area (Å²) in [5.41, 5.74) is 3.05. The van der Waals surface area contributed by atoms with Crippen molar-refractivity contribution >= 4 is 11.6 Å². The standard InChI is InChI=1S/C13H23N7O2/c1-8(10(3)16-11(4)17-19-18-15-5)13(22)9(2)12(21)7-20(6)14/h22H,1,3,7,14H2,2,4-6H3,(H,15,19)(H,16,17,18)/b13-9+. The Bertz CT molecular complexity index is 533. The highest BCUT2D eigenvalue weighted by atomic mass is 16.3. The second-order valence-corrected chi connectivity index (χ2v) is 4.49. The van der Waals surface area contributed by atoms with E-state index >= 15 is 0 Å². The van der Waals surface area contributed by atoms with E-state index in [1.54, 1.807) is 21.0 Å². The number of ketones is 1. The Morgan fingerprint density at radius 3 is 2.45 bits per heavy atom. The van der Waals surface area contributed by atoms with E-state index in [0.717, 1.165) is 0 Å². The van der Waals surface area contributed by atoms with E-state index in [1.165, 1.54) is 11.9 Å². The average molecular weight is 309 g/mol. The monoisotopic (exact) mass is 309 g/mol. The SMILES string of the molecule is C=C(N/C(C)=N/N=N\NC)C(=C)/C(O)=C(/C)C(=O)CN(C)N. The van der Waals surface area contributed by atoms with Gasteiger partial charge >= 0.3 is 0 Å². The lowest BCUT2D eigenvalue weighted by Gasteiger charge is -2.14. The Balaban J connectivity index is 4.94. The van der Waals surface area contributed by atoms with Gasteiger partial charge in [0.15, 0.2) is 5.78 Å². The maximum atomic E-state index is 11.8. The average Bonchev–Trinajstić information content (AvgIpc) is 2.44. The summed E-state index contributed by atoms with van der Waals surface area (Å²) in [4.78, 5) is 11.8. The van der Waals surface area contributed by atoms with Gasteiger partial charge in [-0.1, -0.05) is 18.4 Å². The number of hydrazine groups is 1. The Labute approximate surface area is 129 Å². The lowest BCUT2D eigenvalue weighted by molar-refractivity contribution is -0.116. The summed E-state index contributed by atoms with van der Waals surface area (Å²) in [5, 5.41) is 24.7. The molecule has 9 heteroatoms. The number of aliphatic hydroxyl groups excluding tert-OH is 1. The predicted molar refractivity (Wildman–Crippen MR) is 85.6 cm³/mol. The predicted octanol–water partition coefficient (Wildman–Crippen LogP) is 0.773. The zero-order valence-corrected chi connectivity index (χ0v) is 13.3. The van der Waals surface area contributed by atoms with Gasteiger partial charge in [0.2, 0.25) is 0 Å². The number of aliphatic hydroxyl groups is 1. The molecule has 0 radical (unpaired) electrons. The zero-order chi connectivity index (χ0) is 17.3. The number of nitrogens with zero attached hydrogens (tertiary/aromatic N) is 4. The topological polar surface area (TPSA) is 128 Å². The van der Waals surface area contributed by atoms with Crippen LogP contribution in [0, 0.1) is 0 Å². The number of nitrogens with two attached hydrogens (primary N) is 1.